The van der Waals surface area contributed by atoms with Gasteiger partial charge in [-0.2, -0.15) is 18.4 Å². The Morgan fingerprint density at radius 1 is 1.28 bits per heavy atom. The number of aromatic amines is 1. The summed E-state index contributed by atoms with van der Waals surface area (Å²) in [4.78, 5) is 52.9. The Balaban J connectivity index is 1.80. The number of nitrogens with one attached hydrogen (secondary N) is 2. The van der Waals surface area contributed by atoms with Crippen molar-refractivity contribution in [2.75, 3.05) is 24.6 Å². The van der Waals surface area contributed by atoms with Crippen LogP contribution in [0.25, 0.3) is 0 Å². The number of tetrazole rings is 1. The predicted molar refractivity (Wildman–Crippen MR) is 138 cm³/mol. The van der Waals surface area contributed by atoms with Gasteiger partial charge in [0.1, 0.15) is 17.1 Å². The molecule has 1 aromatic heterocycles. The second-order valence-electron chi connectivity index (χ2n) is 8.59. The number of H-pyrrole nitrogens is 1. The molecule has 3 atom stereocenters. The molecule has 1 fully saturated rings. The summed E-state index contributed by atoms with van der Waals surface area (Å²) >= 11 is 1.77. The van der Waals surface area contributed by atoms with Crippen molar-refractivity contribution in [1.29, 1.82) is 0 Å². The number of carbonyl (C=O) groups is 4. The number of rotatable bonds is 14. The fourth-order valence-corrected chi connectivity index (χ4v) is 7.12. The van der Waals surface area contributed by atoms with E-state index in [4.69, 9.17) is 0 Å². The monoisotopic (exact) mass is 611 g/mol. The molecule has 2 aliphatic rings. The topological polar surface area (TPSA) is 161 Å². The van der Waals surface area contributed by atoms with Crippen LogP contribution < -0.4 is 5.32 Å². The predicted octanol–water partition coefficient (Wildman–Crippen LogP) is 2.08. The van der Waals surface area contributed by atoms with Gasteiger partial charge in [-0.05, 0) is 41.8 Å². The lowest BCUT2D eigenvalue weighted by Crippen LogP contribution is -2.71. The number of amides is 3. The summed E-state index contributed by atoms with van der Waals surface area (Å²) in [6.45, 7) is 5.15. The lowest BCUT2D eigenvalue weighted by Gasteiger charge is -2.50. The normalized spacial score (nSPS) is 19.8. The van der Waals surface area contributed by atoms with Crippen LogP contribution in [0.2, 0.25) is 0 Å². The molecule has 3 rings (SSSR count). The third-order valence-electron chi connectivity index (χ3n) is 5.81. The molecular formula is C21H28F3N7O5S3. The number of halogens is 3. The van der Waals surface area contributed by atoms with E-state index >= 15 is 0 Å². The average Bonchev–Trinajstić information content (AvgIpc) is 3.40. The lowest BCUT2D eigenvalue weighted by molar-refractivity contribution is -0.150. The van der Waals surface area contributed by atoms with Crippen molar-refractivity contribution < 1.29 is 37.5 Å². The van der Waals surface area contributed by atoms with Gasteiger partial charge in [0.15, 0.2) is 0 Å². The third kappa shape index (κ3) is 8.03. The van der Waals surface area contributed by atoms with Crippen molar-refractivity contribution in [2.24, 2.45) is 0 Å². The van der Waals surface area contributed by atoms with Crippen molar-refractivity contribution >= 4 is 59.0 Å². The Kier molecular flexibility index (Phi) is 10.9. The highest BCUT2D eigenvalue weighted by Gasteiger charge is 2.55. The first-order valence-corrected chi connectivity index (χ1v) is 15.0. The Morgan fingerprint density at radius 2 is 1.97 bits per heavy atom. The van der Waals surface area contributed by atoms with Gasteiger partial charge in [-0.15, -0.1) is 22.0 Å². The molecule has 1 saturated heterocycles. The minimum Gasteiger partial charge on any atom is -0.477 e. The summed E-state index contributed by atoms with van der Waals surface area (Å²) in [6.07, 6.45) is 1.96. The standard InChI is InChI=1S/C21H28F3N7O5S3/c1-3-7-30(8-4-2)14(33)6-5-12(39-20-26-28-29-27-20)11-9-37-18-15(17(34)31(18)16(11)19(35)36)25-13(32)10-38-21(22,23)24/h12,15,18H,3-10H2,1-2H3,(H,25,32)(H,35,36)(H,26,27,28,29)/t12?,15?,18-/m0/s1. The zero-order chi connectivity index (χ0) is 28.7. The number of nitrogens with zero attached hydrogens (tertiary/aromatic N) is 5. The van der Waals surface area contributed by atoms with E-state index in [9.17, 15) is 37.5 Å². The number of carboxylic acids is 1. The number of thioether (sulfide) groups is 3. The number of hydrogen-bond acceptors (Lipinski definition) is 10. The number of fused-ring (bicyclic) bond motifs is 1. The molecule has 18 heteroatoms. The summed E-state index contributed by atoms with van der Waals surface area (Å²) < 4.78 is 37.2. The molecule has 3 heterocycles. The quantitative estimate of drug-likeness (QED) is 0.209. The second-order valence-corrected chi connectivity index (χ2v) is 11.9. The maximum Gasteiger partial charge on any atom is 0.442 e. The highest BCUT2D eigenvalue weighted by atomic mass is 32.2. The van der Waals surface area contributed by atoms with Crippen molar-refractivity contribution in [2.45, 2.75) is 66.9 Å². The van der Waals surface area contributed by atoms with Crippen LogP contribution in [0.1, 0.15) is 39.5 Å². The molecule has 2 unspecified atom stereocenters. The maximum atomic E-state index is 12.9. The van der Waals surface area contributed by atoms with Gasteiger partial charge in [0.25, 0.3) is 5.91 Å². The first-order valence-electron chi connectivity index (χ1n) is 12.1. The van der Waals surface area contributed by atoms with Gasteiger partial charge in [0, 0.05) is 30.5 Å². The number of hydrogen-bond donors (Lipinski definition) is 3. The van der Waals surface area contributed by atoms with Crippen LogP contribution in [0.3, 0.4) is 0 Å². The van der Waals surface area contributed by atoms with Crippen molar-refractivity contribution in [3.63, 3.8) is 0 Å². The second kappa shape index (κ2) is 13.7. The summed E-state index contributed by atoms with van der Waals surface area (Å²) in [5.41, 5.74) is -4.49. The molecule has 0 aromatic carbocycles. The SMILES string of the molecule is CCCN(CCC)C(=O)CCC(Sc1nn[nH]n1)C1=C(C(=O)O)N2C(=O)C(NC(=O)CSC(F)(F)F)[C@@H]2SC1. The minimum absolute atomic E-state index is 0.0734. The first kappa shape index (κ1) is 31.1. The highest BCUT2D eigenvalue weighted by Crippen LogP contribution is 2.44. The molecule has 0 aliphatic carbocycles. The van der Waals surface area contributed by atoms with Crippen LogP contribution in [-0.2, 0) is 19.2 Å². The van der Waals surface area contributed by atoms with E-state index in [0.717, 1.165) is 29.5 Å². The third-order valence-corrected chi connectivity index (χ3v) is 9.03. The number of carbonyl (C=O) groups excluding carboxylic acids is 3. The van der Waals surface area contributed by atoms with Crippen LogP contribution in [0.15, 0.2) is 16.4 Å². The smallest absolute Gasteiger partial charge is 0.442 e. The molecular weight excluding hydrogens is 583 g/mol. The minimum atomic E-state index is -4.60. The van der Waals surface area contributed by atoms with E-state index in [1.54, 1.807) is 4.90 Å². The lowest BCUT2D eigenvalue weighted by atomic mass is 9.99. The van der Waals surface area contributed by atoms with Gasteiger partial charge >= 0.3 is 11.5 Å². The molecule has 1 aromatic rings. The number of aromatic nitrogens is 4. The molecule has 216 valence electrons. The maximum absolute atomic E-state index is 12.9. The fraction of sp³-hybridized carbons (Fsp3) is 0.667. The largest absolute Gasteiger partial charge is 0.477 e. The van der Waals surface area contributed by atoms with Crippen LogP contribution in [0.4, 0.5) is 13.2 Å². The van der Waals surface area contributed by atoms with Crippen molar-refractivity contribution in [1.82, 2.24) is 35.7 Å². The van der Waals surface area contributed by atoms with Gasteiger partial charge in [0.05, 0.1) is 5.75 Å². The molecule has 0 bridgehead atoms. The van der Waals surface area contributed by atoms with E-state index in [-0.39, 0.29) is 35.4 Å². The van der Waals surface area contributed by atoms with Gasteiger partial charge in [-0.3, -0.25) is 19.3 Å². The van der Waals surface area contributed by atoms with Crippen LogP contribution in [0.5, 0.6) is 0 Å². The van der Waals surface area contributed by atoms with E-state index in [0.29, 0.717) is 18.7 Å². The van der Waals surface area contributed by atoms with Gasteiger partial charge in [-0.1, -0.05) is 25.6 Å². The average molecular weight is 612 g/mol. The molecule has 0 spiro atoms. The molecule has 0 saturated carbocycles. The number of alkyl halides is 3. The molecule has 3 N–H and O–H groups in total. The zero-order valence-corrected chi connectivity index (χ0v) is 23.5. The Hall–Kier alpha value is -2.47. The molecule has 12 nitrogen and oxygen atoms in total. The van der Waals surface area contributed by atoms with Crippen molar-refractivity contribution in [3.05, 3.63) is 11.3 Å². The Labute approximate surface area is 234 Å². The summed E-state index contributed by atoms with van der Waals surface area (Å²) in [5, 5.41) is 24.9. The van der Waals surface area contributed by atoms with E-state index in [2.05, 4.69) is 25.9 Å². The van der Waals surface area contributed by atoms with E-state index in [1.807, 2.05) is 13.8 Å². The number of β-lactam (4-membered cyclic amide) rings is 1. The summed E-state index contributed by atoms with van der Waals surface area (Å²) in [6, 6.07) is -1.14. The zero-order valence-electron chi connectivity index (χ0n) is 21.1. The van der Waals surface area contributed by atoms with E-state index < -0.39 is 57.5 Å². The van der Waals surface area contributed by atoms with Gasteiger partial charge in [0.2, 0.25) is 17.0 Å². The number of carboxylic acid groups (broad SMARTS) is 1. The first-order chi connectivity index (χ1) is 18.5. The molecule has 39 heavy (non-hydrogen) atoms. The van der Waals surface area contributed by atoms with Crippen LogP contribution >= 0.6 is 35.3 Å². The Bertz CT molecular complexity index is 1080. The van der Waals surface area contributed by atoms with Gasteiger partial charge in [-0.25, -0.2) is 4.79 Å². The van der Waals surface area contributed by atoms with Crippen molar-refractivity contribution in [3.8, 4) is 0 Å². The molecule has 3 amide bonds. The van der Waals surface area contributed by atoms with Gasteiger partial charge < -0.3 is 15.3 Å². The molecule has 2 aliphatic heterocycles. The van der Waals surface area contributed by atoms with Crippen LogP contribution in [0, 0.1) is 0 Å². The fourth-order valence-electron chi connectivity index (χ4n) is 4.20. The number of aliphatic carboxylic acids is 1. The van der Waals surface area contributed by atoms with E-state index in [1.165, 1.54) is 11.8 Å². The highest BCUT2D eigenvalue weighted by molar-refractivity contribution is 8.01. The molecule has 0 radical (unpaired) electrons. The van der Waals surface area contributed by atoms with Crippen LogP contribution in [-0.4, -0.2) is 106 Å². The summed E-state index contributed by atoms with van der Waals surface area (Å²) in [7, 11) is 0. The Morgan fingerprint density at radius 3 is 2.54 bits per heavy atom. The summed E-state index contributed by atoms with van der Waals surface area (Å²) in [5.74, 6) is -3.92.